The van der Waals surface area contributed by atoms with Crippen molar-refractivity contribution in [2.45, 2.75) is 33.1 Å². The van der Waals surface area contributed by atoms with Gasteiger partial charge >= 0.3 is 0 Å². The van der Waals surface area contributed by atoms with Crippen LogP contribution in [0.5, 0.6) is 0 Å². The Hall–Kier alpha value is -0.120. The first kappa shape index (κ1) is 9.88. The highest BCUT2D eigenvalue weighted by molar-refractivity contribution is 4.33. The highest BCUT2D eigenvalue weighted by Crippen LogP contribution is 1.94. The van der Waals surface area contributed by atoms with E-state index in [9.17, 15) is 0 Å². The summed E-state index contributed by atoms with van der Waals surface area (Å²) >= 11 is 0. The van der Waals surface area contributed by atoms with Gasteiger partial charge in [-0.25, -0.2) is 0 Å². The summed E-state index contributed by atoms with van der Waals surface area (Å²) in [5.74, 6) is 0. The maximum absolute atomic E-state index is 8.77. The molecule has 0 heterocycles. The Morgan fingerprint density at radius 3 is 2.50 bits per heavy atom. The summed E-state index contributed by atoms with van der Waals surface area (Å²) in [6, 6.07) is 0. The van der Waals surface area contributed by atoms with Crippen LogP contribution in [0.4, 0.5) is 0 Å². The Balaban J connectivity index is 2.89. The Morgan fingerprint density at radius 2 is 2.00 bits per heavy atom. The number of hydroxylamine groups is 2. The minimum atomic E-state index is 0.520. The fourth-order valence-electron chi connectivity index (χ4n) is 0.613. The summed E-state index contributed by atoms with van der Waals surface area (Å²) in [6.45, 7) is 5.11. The van der Waals surface area contributed by atoms with Gasteiger partial charge in [0.2, 0.25) is 0 Å². The topological polar surface area (TPSA) is 32.7 Å². The molecule has 0 amide bonds. The third-order valence-corrected chi connectivity index (χ3v) is 1.26. The molecule has 0 spiro atoms. The molecule has 62 valence electrons. The van der Waals surface area contributed by atoms with Crippen LogP contribution in [0.1, 0.15) is 33.1 Å². The fraction of sp³-hybridized carbons (Fsp3) is 1.00. The molecule has 0 aliphatic carbocycles. The molecule has 0 saturated carbocycles. The van der Waals surface area contributed by atoms with Gasteiger partial charge < -0.3 is 0 Å². The van der Waals surface area contributed by atoms with Gasteiger partial charge in [-0.2, -0.15) is 0 Å². The minimum Gasteiger partial charge on any atom is -0.290 e. The van der Waals surface area contributed by atoms with Crippen molar-refractivity contribution in [2.75, 3.05) is 13.2 Å². The lowest BCUT2D eigenvalue weighted by atomic mass is 10.3. The zero-order valence-corrected chi connectivity index (χ0v) is 6.84. The lowest BCUT2D eigenvalue weighted by Crippen LogP contribution is -2.19. The quantitative estimate of drug-likeness (QED) is 0.459. The smallest absolute Gasteiger partial charge is 0.0711 e. The normalized spacial score (nSPS) is 10.8. The standard InChI is InChI=1S/C7H17NO2/c1-3-5-6-7-10-8(9)4-2/h9H,3-7H2,1-2H3. The monoisotopic (exact) mass is 147 g/mol. The van der Waals surface area contributed by atoms with E-state index in [0.29, 0.717) is 13.2 Å². The lowest BCUT2D eigenvalue weighted by molar-refractivity contribution is -0.337. The van der Waals surface area contributed by atoms with Crippen molar-refractivity contribution in [3.63, 3.8) is 0 Å². The first-order valence-corrected chi connectivity index (χ1v) is 3.90. The van der Waals surface area contributed by atoms with Crippen molar-refractivity contribution < 1.29 is 10.0 Å². The number of hydrogen-bond donors (Lipinski definition) is 1. The van der Waals surface area contributed by atoms with E-state index in [1.807, 2.05) is 6.92 Å². The molecule has 0 rings (SSSR count). The number of nitrogens with zero attached hydrogens (tertiary/aromatic N) is 1. The molecule has 0 aliphatic rings. The molecule has 0 aromatic heterocycles. The SMILES string of the molecule is CCCCCON(O)CC. The van der Waals surface area contributed by atoms with Gasteiger partial charge in [0.1, 0.15) is 0 Å². The molecule has 3 heteroatoms. The summed E-state index contributed by atoms with van der Waals surface area (Å²) in [7, 11) is 0. The van der Waals surface area contributed by atoms with Crippen LogP contribution in [-0.2, 0) is 4.84 Å². The molecule has 0 bridgehead atoms. The highest BCUT2D eigenvalue weighted by atomic mass is 16.9. The summed E-state index contributed by atoms with van der Waals surface area (Å²) in [5.41, 5.74) is 0. The van der Waals surface area contributed by atoms with E-state index in [4.69, 9.17) is 10.0 Å². The molecule has 0 saturated heterocycles. The summed E-state index contributed by atoms with van der Waals surface area (Å²) in [5, 5.41) is 9.64. The molecular weight excluding hydrogens is 130 g/mol. The molecule has 0 aliphatic heterocycles. The molecular formula is C7H17NO2. The van der Waals surface area contributed by atoms with Gasteiger partial charge in [-0.15, -0.1) is 0 Å². The fourth-order valence-corrected chi connectivity index (χ4v) is 0.613. The van der Waals surface area contributed by atoms with Crippen molar-refractivity contribution in [3.8, 4) is 0 Å². The molecule has 1 N–H and O–H groups in total. The third-order valence-electron chi connectivity index (χ3n) is 1.26. The molecule has 10 heavy (non-hydrogen) atoms. The Labute approximate surface area is 62.5 Å². The van der Waals surface area contributed by atoms with Crippen LogP contribution in [0, 0.1) is 0 Å². The van der Waals surface area contributed by atoms with Gasteiger partial charge in [0.15, 0.2) is 0 Å². The van der Waals surface area contributed by atoms with Gasteiger partial charge in [-0.3, -0.25) is 10.0 Å². The predicted octanol–water partition coefficient (Wildman–Crippen LogP) is 1.82. The third kappa shape index (κ3) is 6.01. The van der Waals surface area contributed by atoms with Crippen LogP contribution in [0.2, 0.25) is 0 Å². The van der Waals surface area contributed by atoms with Crippen molar-refractivity contribution in [2.24, 2.45) is 0 Å². The average molecular weight is 147 g/mol. The second kappa shape index (κ2) is 6.99. The van der Waals surface area contributed by atoms with Gasteiger partial charge in [-0.05, 0) is 13.3 Å². The van der Waals surface area contributed by atoms with E-state index in [1.165, 1.54) is 6.42 Å². The maximum atomic E-state index is 8.77. The van der Waals surface area contributed by atoms with E-state index in [1.54, 1.807) is 0 Å². The van der Waals surface area contributed by atoms with Crippen LogP contribution in [0.15, 0.2) is 0 Å². The molecule has 0 aromatic rings. The first-order chi connectivity index (χ1) is 4.81. The molecule has 0 atom stereocenters. The second-order valence-electron chi connectivity index (χ2n) is 2.21. The minimum absolute atomic E-state index is 0.520. The molecule has 0 fully saturated rings. The number of unbranched alkanes of at least 4 members (excludes halogenated alkanes) is 2. The lowest BCUT2D eigenvalue weighted by Gasteiger charge is -2.10. The zero-order chi connectivity index (χ0) is 7.82. The first-order valence-electron chi connectivity index (χ1n) is 3.90. The van der Waals surface area contributed by atoms with Crippen LogP contribution in [0.3, 0.4) is 0 Å². The van der Waals surface area contributed by atoms with Crippen molar-refractivity contribution in [1.29, 1.82) is 0 Å². The number of rotatable bonds is 6. The van der Waals surface area contributed by atoms with Gasteiger partial charge in [0.25, 0.3) is 0 Å². The van der Waals surface area contributed by atoms with E-state index in [0.717, 1.165) is 18.1 Å². The van der Waals surface area contributed by atoms with E-state index >= 15 is 0 Å². The molecule has 0 radical (unpaired) electrons. The van der Waals surface area contributed by atoms with Crippen LogP contribution in [-0.4, -0.2) is 23.6 Å². The number of hydrogen-bond acceptors (Lipinski definition) is 3. The van der Waals surface area contributed by atoms with Crippen LogP contribution >= 0.6 is 0 Å². The van der Waals surface area contributed by atoms with Gasteiger partial charge in [0.05, 0.1) is 6.61 Å². The summed E-state index contributed by atoms with van der Waals surface area (Å²) < 4.78 is 0. The van der Waals surface area contributed by atoms with Crippen molar-refractivity contribution in [3.05, 3.63) is 0 Å². The average Bonchev–Trinajstić information content (AvgIpc) is 1.98. The Bertz CT molecular complexity index is 68.6. The Kier molecular flexibility index (Phi) is 6.91. The maximum Gasteiger partial charge on any atom is 0.0711 e. The van der Waals surface area contributed by atoms with Crippen LogP contribution < -0.4 is 0 Å². The van der Waals surface area contributed by atoms with E-state index in [2.05, 4.69) is 6.92 Å². The predicted molar refractivity (Wildman–Crippen MR) is 39.6 cm³/mol. The largest absolute Gasteiger partial charge is 0.290 e. The van der Waals surface area contributed by atoms with Crippen molar-refractivity contribution >= 4 is 0 Å². The summed E-state index contributed by atoms with van der Waals surface area (Å²) in [6.07, 6.45) is 3.37. The van der Waals surface area contributed by atoms with Gasteiger partial charge in [0, 0.05) is 6.54 Å². The van der Waals surface area contributed by atoms with Gasteiger partial charge in [-0.1, -0.05) is 25.0 Å². The second-order valence-corrected chi connectivity index (χ2v) is 2.21. The Morgan fingerprint density at radius 1 is 1.30 bits per heavy atom. The zero-order valence-electron chi connectivity index (χ0n) is 6.84. The van der Waals surface area contributed by atoms with E-state index in [-0.39, 0.29) is 0 Å². The molecule has 3 nitrogen and oxygen atoms in total. The molecule has 0 aromatic carbocycles. The van der Waals surface area contributed by atoms with E-state index < -0.39 is 0 Å². The highest BCUT2D eigenvalue weighted by Gasteiger charge is 1.93. The van der Waals surface area contributed by atoms with Crippen molar-refractivity contribution in [1.82, 2.24) is 5.23 Å². The van der Waals surface area contributed by atoms with Crippen LogP contribution in [0.25, 0.3) is 0 Å². The summed E-state index contributed by atoms with van der Waals surface area (Å²) in [4.78, 5) is 4.88. The molecule has 0 unspecified atom stereocenters.